The molecule has 0 unspecified atom stereocenters. The van der Waals surface area contributed by atoms with Gasteiger partial charge in [-0.3, -0.25) is 4.79 Å². The highest BCUT2D eigenvalue weighted by Gasteiger charge is 2.24. The summed E-state index contributed by atoms with van der Waals surface area (Å²) in [6.07, 6.45) is 1.14. The molecule has 0 atom stereocenters. The van der Waals surface area contributed by atoms with Crippen LogP contribution in [0.1, 0.15) is 36.2 Å². The van der Waals surface area contributed by atoms with Gasteiger partial charge in [0.1, 0.15) is 0 Å². The van der Waals surface area contributed by atoms with Crippen molar-refractivity contribution in [1.82, 2.24) is 0 Å². The minimum atomic E-state index is -0.945. The van der Waals surface area contributed by atoms with Crippen molar-refractivity contribution in [1.29, 1.82) is 0 Å². The van der Waals surface area contributed by atoms with Gasteiger partial charge < -0.3 is 14.7 Å². The second-order valence-corrected chi connectivity index (χ2v) is 5.11. The summed E-state index contributed by atoms with van der Waals surface area (Å²) in [7, 11) is 0. The van der Waals surface area contributed by atoms with Crippen molar-refractivity contribution < 1.29 is 19.4 Å². The van der Waals surface area contributed by atoms with E-state index in [0.717, 1.165) is 11.3 Å². The number of fused-ring (bicyclic) bond motifs is 1. The number of hydrogen-bond donors (Lipinski definition) is 1. The Kier molecular flexibility index (Phi) is 4.39. The summed E-state index contributed by atoms with van der Waals surface area (Å²) in [4.78, 5) is 24.7. The number of rotatable bonds is 5. The van der Waals surface area contributed by atoms with Crippen LogP contribution in [-0.4, -0.2) is 36.2 Å². The minimum Gasteiger partial charge on any atom is -0.478 e. The molecule has 1 aromatic carbocycles. The standard InChI is InChI=1S/C15H19NO4/c1-10(2)20-8-7-16-13-5-3-12(15(18)19)9-11(13)4-6-14(16)17/h3,5,9-10H,4,6-8H2,1-2H3,(H,18,19). The first-order valence-corrected chi connectivity index (χ1v) is 6.77. The maximum atomic E-state index is 12.0. The van der Waals surface area contributed by atoms with Crippen LogP contribution in [-0.2, 0) is 16.0 Å². The molecule has 0 spiro atoms. The highest BCUT2D eigenvalue weighted by Crippen LogP contribution is 2.28. The molecule has 0 saturated carbocycles. The van der Waals surface area contributed by atoms with Gasteiger partial charge in [-0.15, -0.1) is 0 Å². The minimum absolute atomic E-state index is 0.0629. The number of carboxylic acids is 1. The summed E-state index contributed by atoms with van der Waals surface area (Å²) >= 11 is 0. The summed E-state index contributed by atoms with van der Waals surface area (Å²) in [5.41, 5.74) is 1.98. The number of carbonyl (C=O) groups is 2. The monoisotopic (exact) mass is 277 g/mol. The van der Waals surface area contributed by atoms with Crippen LogP contribution in [0, 0.1) is 0 Å². The van der Waals surface area contributed by atoms with Crippen molar-refractivity contribution in [3.05, 3.63) is 29.3 Å². The van der Waals surface area contributed by atoms with Crippen molar-refractivity contribution >= 4 is 17.6 Å². The van der Waals surface area contributed by atoms with E-state index in [-0.39, 0.29) is 17.6 Å². The van der Waals surface area contributed by atoms with Crippen LogP contribution in [0.5, 0.6) is 0 Å². The Hall–Kier alpha value is -1.88. The predicted molar refractivity (Wildman–Crippen MR) is 75.2 cm³/mol. The smallest absolute Gasteiger partial charge is 0.335 e. The molecule has 2 rings (SSSR count). The molecular weight excluding hydrogens is 258 g/mol. The van der Waals surface area contributed by atoms with Crippen molar-refractivity contribution in [3.8, 4) is 0 Å². The number of aromatic carboxylic acids is 1. The zero-order valence-electron chi connectivity index (χ0n) is 11.8. The molecule has 0 saturated heterocycles. The van der Waals surface area contributed by atoms with Crippen LogP contribution in [0.4, 0.5) is 5.69 Å². The summed E-state index contributed by atoms with van der Waals surface area (Å²) in [5.74, 6) is -0.882. The molecule has 5 heteroatoms. The fourth-order valence-electron chi connectivity index (χ4n) is 2.32. The second-order valence-electron chi connectivity index (χ2n) is 5.11. The largest absolute Gasteiger partial charge is 0.478 e. The van der Waals surface area contributed by atoms with E-state index in [4.69, 9.17) is 9.84 Å². The number of anilines is 1. The van der Waals surface area contributed by atoms with Crippen LogP contribution in [0.3, 0.4) is 0 Å². The number of benzene rings is 1. The Labute approximate surface area is 118 Å². The normalized spacial score (nSPS) is 14.6. The van der Waals surface area contributed by atoms with E-state index >= 15 is 0 Å². The van der Waals surface area contributed by atoms with Crippen LogP contribution in [0.2, 0.25) is 0 Å². The van der Waals surface area contributed by atoms with E-state index in [9.17, 15) is 9.59 Å². The van der Waals surface area contributed by atoms with Crippen LogP contribution in [0.15, 0.2) is 18.2 Å². The SMILES string of the molecule is CC(C)OCCN1C(=O)CCc2cc(C(=O)O)ccc21. The first-order chi connectivity index (χ1) is 9.49. The Morgan fingerprint density at radius 3 is 2.80 bits per heavy atom. The van der Waals surface area contributed by atoms with Crippen molar-refractivity contribution in [2.24, 2.45) is 0 Å². The number of hydrogen-bond acceptors (Lipinski definition) is 3. The first-order valence-electron chi connectivity index (χ1n) is 6.77. The summed E-state index contributed by atoms with van der Waals surface area (Å²) < 4.78 is 5.48. The molecule has 0 radical (unpaired) electrons. The number of carboxylic acid groups (broad SMARTS) is 1. The van der Waals surface area contributed by atoms with Gasteiger partial charge in [-0.05, 0) is 44.0 Å². The van der Waals surface area contributed by atoms with Crippen molar-refractivity contribution in [3.63, 3.8) is 0 Å². The van der Waals surface area contributed by atoms with E-state index in [1.807, 2.05) is 13.8 Å². The Morgan fingerprint density at radius 1 is 1.40 bits per heavy atom. The van der Waals surface area contributed by atoms with Gasteiger partial charge in [0.25, 0.3) is 0 Å². The summed E-state index contributed by atoms with van der Waals surface area (Å²) in [5, 5.41) is 9.01. The lowest BCUT2D eigenvalue weighted by Crippen LogP contribution is -2.38. The van der Waals surface area contributed by atoms with Gasteiger partial charge in [0.15, 0.2) is 0 Å². The zero-order chi connectivity index (χ0) is 14.7. The van der Waals surface area contributed by atoms with E-state index in [0.29, 0.717) is 26.0 Å². The summed E-state index contributed by atoms with van der Waals surface area (Å²) in [6.45, 7) is 4.87. The Bertz CT molecular complexity index is 525. The van der Waals surface area contributed by atoms with E-state index < -0.39 is 5.97 Å². The van der Waals surface area contributed by atoms with Crippen molar-refractivity contribution in [2.75, 3.05) is 18.1 Å². The summed E-state index contributed by atoms with van der Waals surface area (Å²) in [6, 6.07) is 4.90. The van der Waals surface area contributed by atoms with Crippen LogP contribution in [0.25, 0.3) is 0 Å². The van der Waals surface area contributed by atoms with Crippen LogP contribution >= 0.6 is 0 Å². The molecule has 0 fully saturated rings. The molecular formula is C15H19NO4. The van der Waals surface area contributed by atoms with Crippen molar-refractivity contribution in [2.45, 2.75) is 32.8 Å². The van der Waals surface area contributed by atoms with E-state index in [1.54, 1.807) is 17.0 Å². The highest BCUT2D eigenvalue weighted by atomic mass is 16.5. The van der Waals surface area contributed by atoms with E-state index in [2.05, 4.69) is 0 Å². The van der Waals surface area contributed by atoms with Gasteiger partial charge in [-0.1, -0.05) is 0 Å². The average molecular weight is 277 g/mol. The molecule has 1 heterocycles. The molecule has 20 heavy (non-hydrogen) atoms. The number of amides is 1. The maximum Gasteiger partial charge on any atom is 0.335 e. The predicted octanol–water partition coefficient (Wildman–Crippen LogP) is 2.09. The third kappa shape index (κ3) is 3.17. The fraction of sp³-hybridized carbons (Fsp3) is 0.467. The van der Waals surface area contributed by atoms with Gasteiger partial charge in [0, 0.05) is 18.7 Å². The second kappa shape index (κ2) is 6.05. The Morgan fingerprint density at radius 2 is 2.15 bits per heavy atom. The molecule has 1 aromatic rings. The number of carbonyl (C=O) groups excluding carboxylic acids is 1. The first kappa shape index (κ1) is 14.5. The lowest BCUT2D eigenvalue weighted by molar-refractivity contribution is -0.119. The number of ether oxygens (including phenoxy) is 1. The molecule has 5 nitrogen and oxygen atoms in total. The fourth-order valence-corrected chi connectivity index (χ4v) is 2.32. The van der Waals surface area contributed by atoms with E-state index in [1.165, 1.54) is 6.07 Å². The molecule has 0 aromatic heterocycles. The highest BCUT2D eigenvalue weighted by molar-refractivity contribution is 5.97. The molecule has 1 N–H and O–H groups in total. The van der Waals surface area contributed by atoms with Gasteiger partial charge in [0.2, 0.25) is 5.91 Å². The third-order valence-electron chi connectivity index (χ3n) is 3.29. The number of nitrogens with zero attached hydrogens (tertiary/aromatic N) is 1. The van der Waals surface area contributed by atoms with Gasteiger partial charge in [0.05, 0.1) is 18.3 Å². The van der Waals surface area contributed by atoms with Gasteiger partial charge in [-0.25, -0.2) is 4.79 Å². The Balaban J connectivity index is 2.18. The maximum absolute atomic E-state index is 12.0. The molecule has 0 bridgehead atoms. The topological polar surface area (TPSA) is 66.8 Å². The molecule has 1 aliphatic heterocycles. The molecule has 1 aliphatic rings. The van der Waals surface area contributed by atoms with Gasteiger partial charge in [-0.2, -0.15) is 0 Å². The molecule has 108 valence electrons. The quantitative estimate of drug-likeness (QED) is 0.895. The lowest BCUT2D eigenvalue weighted by Gasteiger charge is -2.29. The molecule has 1 amide bonds. The van der Waals surface area contributed by atoms with Crippen LogP contribution < -0.4 is 4.90 Å². The average Bonchev–Trinajstić information content (AvgIpc) is 2.40. The lowest BCUT2D eigenvalue weighted by atomic mass is 9.99. The number of aryl methyl sites for hydroxylation is 1. The zero-order valence-corrected chi connectivity index (χ0v) is 11.8. The van der Waals surface area contributed by atoms with Gasteiger partial charge >= 0.3 is 5.97 Å². The third-order valence-corrected chi connectivity index (χ3v) is 3.29. The molecule has 0 aliphatic carbocycles.